The zero-order valence-corrected chi connectivity index (χ0v) is 20.8. The molecule has 0 aromatic heterocycles. The minimum atomic E-state index is -3.19. The summed E-state index contributed by atoms with van der Waals surface area (Å²) in [5, 5.41) is 9.89. The van der Waals surface area contributed by atoms with E-state index >= 15 is 0 Å². The summed E-state index contributed by atoms with van der Waals surface area (Å²) in [5.41, 5.74) is 3.02. The minimum absolute atomic E-state index is 0. The Morgan fingerprint density at radius 3 is 2.36 bits per heavy atom. The van der Waals surface area contributed by atoms with E-state index in [0.29, 0.717) is 32.5 Å². The van der Waals surface area contributed by atoms with Gasteiger partial charge in [0, 0.05) is 33.2 Å². The SMILES string of the molecule is CN(C(=O)Cc1ccc(CCNS(C)(=O)=O)cc1)C(CN1CCC(O)C1)c1ccccc1.Cl. The number of likely N-dealkylation sites (N-methyl/N-ethyl adjacent to an activating group) is 1. The summed E-state index contributed by atoms with van der Waals surface area (Å²) in [5.74, 6) is 0.0325. The van der Waals surface area contributed by atoms with Gasteiger partial charge >= 0.3 is 0 Å². The Morgan fingerprint density at radius 2 is 1.79 bits per heavy atom. The molecule has 33 heavy (non-hydrogen) atoms. The lowest BCUT2D eigenvalue weighted by Crippen LogP contribution is -2.39. The summed E-state index contributed by atoms with van der Waals surface area (Å²) in [6.45, 7) is 2.52. The van der Waals surface area contributed by atoms with E-state index in [9.17, 15) is 18.3 Å². The molecule has 3 rings (SSSR count). The third-order valence-electron chi connectivity index (χ3n) is 5.88. The van der Waals surface area contributed by atoms with Gasteiger partial charge in [-0.15, -0.1) is 12.4 Å². The van der Waals surface area contributed by atoms with Crippen molar-refractivity contribution in [2.75, 3.05) is 39.5 Å². The number of aliphatic hydroxyl groups excluding tert-OH is 1. The van der Waals surface area contributed by atoms with Crippen molar-refractivity contribution >= 4 is 28.3 Å². The Kier molecular flexibility index (Phi) is 10.3. The van der Waals surface area contributed by atoms with Crippen molar-refractivity contribution in [1.82, 2.24) is 14.5 Å². The summed E-state index contributed by atoms with van der Waals surface area (Å²) >= 11 is 0. The van der Waals surface area contributed by atoms with Crippen LogP contribution in [-0.2, 0) is 27.7 Å². The topological polar surface area (TPSA) is 90.0 Å². The van der Waals surface area contributed by atoms with Crippen LogP contribution in [0.1, 0.15) is 29.2 Å². The van der Waals surface area contributed by atoms with Crippen LogP contribution in [-0.4, -0.2) is 74.8 Å². The molecule has 9 heteroatoms. The van der Waals surface area contributed by atoms with E-state index in [2.05, 4.69) is 9.62 Å². The number of halogens is 1. The molecule has 7 nitrogen and oxygen atoms in total. The Hall–Kier alpha value is -1.97. The normalized spacial score (nSPS) is 17.4. The fraction of sp³-hybridized carbons (Fsp3) is 0.458. The molecule has 1 fully saturated rings. The fourth-order valence-electron chi connectivity index (χ4n) is 4.03. The third kappa shape index (κ3) is 8.72. The van der Waals surface area contributed by atoms with Crippen molar-refractivity contribution in [2.45, 2.75) is 31.4 Å². The van der Waals surface area contributed by atoms with E-state index in [1.807, 2.05) is 66.5 Å². The third-order valence-corrected chi connectivity index (χ3v) is 6.61. The van der Waals surface area contributed by atoms with E-state index in [1.165, 1.54) is 0 Å². The highest BCUT2D eigenvalue weighted by molar-refractivity contribution is 7.88. The van der Waals surface area contributed by atoms with Gasteiger partial charge < -0.3 is 10.0 Å². The molecular weight excluding hydrogens is 462 g/mol. The highest BCUT2D eigenvalue weighted by Crippen LogP contribution is 2.24. The van der Waals surface area contributed by atoms with Gasteiger partial charge in [0.1, 0.15) is 0 Å². The van der Waals surface area contributed by atoms with Crippen molar-refractivity contribution in [3.63, 3.8) is 0 Å². The second-order valence-electron chi connectivity index (χ2n) is 8.54. The number of carbonyl (C=O) groups excluding carboxylic acids is 1. The number of benzene rings is 2. The first kappa shape index (κ1) is 27.3. The van der Waals surface area contributed by atoms with Gasteiger partial charge in [0.2, 0.25) is 15.9 Å². The number of nitrogens with zero attached hydrogens (tertiary/aromatic N) is 2. The van der Waals surface area contributed by atoms with E-state index in [0.717, 1.165) is 35.9 Å². The standard InChI is InChI=1S/C24H33N3O4S.ClH/c1-26(23(21-6-4-3-5-7-21)18-27-15-13-22(28)17-27)24(29)16-20-10-8-19(9-11-20)12-14-25-32(2,30)31;/h3-11,22-23,25,28H,12-18H2,1-2H3;1H. The Morgan fingerprint density at radius 1 is 1.15 bits per heavy atom. The van der Waals surface area contributed by atoms with Gasteiger partial charge in [-0.2, -0.15) is 0 Å². The first-order valence-electron chi connectivity index (χ1n) is 10.9. The van der Waals surface area contributed by atoms with E-state index in [-0.39, 0.29) is 30.5 Å². The Labute approximate surface area is 203 Å². The van der Waals surface area contributed by atoms with Crippen LogP contribution in [0.5, 0.6) is 0 Å². The van der Waals surface area contributed by atoms with Gasteiger partial charge in [-0.05, 0) is 29.5 Å². The molecule has 2 unspecified atom stereocenters. The number of carbonyl (C=O) groups is 1. The summed E-state index contributed by atoms with van der Waals surface area (Å²) < 4.78 is 24.8. The summed E-state index contributed by atoms with van der Waals surface area (Å²) in [7, 11) is -1.34. The van der Waals surface area contributed by atoms with E-state index < -0.39 is 10.0 Å². The van der Waals surface area contributed by atoms with Gasteiger partial charge in [-0.3, -0.25) is 9.69 Å². The number of β-amino-alcohol motifs (C(OH)–C–C–N with tert-alkyl or cyclic N) is 1. The minimum Gasteiger partial charge on any atom is -0.392 e. The number of likely N-dealkylation sites (tertiary alicyclic amines) is 1. The molecule has 0 bridgehead atoms. The highest BCUT2D eigenvalue weighted by Gasteiger charge is 2.28. The average molecular weight is 496 g/mol. The molecule has 2 aromatic carbocycles. The maximum absolute atomic E-state index is 13.1. The first-order chi connectivity index (χ1) is 15.2. The molecule has 0 aliphatic carbocycles. The largest absolute Gasteiger partial charge is 0.392 e. The molecule has 0 spiro atoms. The Bertz CT molecular complexity index is 987. The number of hydrogen-bond donors (Lipinski definition) is 2. The summed E-state index contributed by atoms with van der Waals surface area (Å²) in [6.07, 6.45) is 2.51. The number of sulfonamides is 1. The summed E-state index contributed by atoms with van der Waals surface area (Å²) in [4.78, 5) is 17.1. The van der Waals surface area contributed by atoms with Gasteiger partial charge in [-0.25, -0.2) is 13.1 Å². The maximum Gasteiger partial charge on any atom is 0.227 e. The Balaban J connectivity index is 0.00000385. The lowest BCUT2D eigenvalue weighted by Gasteiger charge is -2.32. The molecule has 1 aliphatic heterocycles. The quantitative estimate of drug-likeness (QED) is 0.526. The van der Waals surface area contributed by atoms with Crippen LogP contribution in [0.25, 0.3) is 0 Å². The van der Waals surface area contributed by atoms with Gasteiger partial charge in [-0.1, -0.05) is 54.6 Å². The second-order valence-corrected chi connectivity index (χ2v) is 10.4. The first-order valence-corrected chi connectivity index (χ1v) is 12.8. The molecule has 182 valence electrons. The highest BCUT2D eigenvalue weighted by atomic mass is 35.5. The molecule has 2 N–H and O–H groups in total. The predicted molar refractivity (Wildman–Crippen MR) is 133 cm³/mol. The van der Waals surface area contributed by atoms with Gasteiger partial charge in [0.05, 0.1) is 24.8 Å². The lowest BCUT2D eigenvalue weighted by molar-refractivity contribution is -0.131. The molecular formula is C24H34ClN3O4S. The number of hydrogen-bond acceptors (Lipinski definition) is 5. The molecule has 2 aromatic rings. The predicted octanol–water partition coefficient (Wildman–Crippen LogP) is 2.01. The van der Waals surface area contributed by atoms with Crippen molar-refractivity contribution < 1.29 is 18.3 Å². The second kappa shape index (κ2) is 12.5. The molecule has 1 aliphatic rings. The molecule has 2 atom stereocenters. The number of amides is 1. The van der Waals surface area contributed by atoms with Crippen LogP contribution in [0.15, 0.2) is 54.6 Å². The van der Waals surface area contributed by atoms with E-state index in [4.69, 9.17) is 0 Å². The van der Waals surface area contributed by atoms with Crippen molar-refractivity contribution in [2.24, 2.45) is 0 Å². The van der Waals surface area contributed by atoms with Crippen molar-refractivity contribution in [1.29, 1.82) is 0 Å². The number of rotatable bonds is 10. The molecule has 0 radical (unpaired) electrons. The number of aliphatic hydroxyl groups is 1. The summed E-state index contributed by atoms with van der Waals surface area (Å²) in [6, 6.07) is 17.7. The average Bonchev–Trinajstić information content (AvgIpc) is 3.17. The van der Waals surface area contributed by atoms with Crippen LogP contribution < -0.4 is 4.72 Å². The van der Waals surface area contributed by atoms with Crippen LogP contribution in [0.4, 0.5) is 0 Å². The van der Waals surface area contributed by atoms with Crippen LogP contribution in [0.2, 0.25) is 0 Å². The maximum atomic E-state index is 13.1. The molecule has 0 saturated carbocycles. The zero-order valence-electron chi connectivity index (χ0n) is 19.2. The molecule has 1 amide bonds. The fourth-order valence-corrected chi connectivity index (χ4v) is 4.50. The van der Waals surface area contributed by atoms with Gasteiger partial charge in [0.15, 0.2) is 0 Å². The number of nitrogens with one attached hydrogen (secondary N) is 1. The smallest absolute Gasteiger partial charge is 0.227 e. The van der Waals surface area contributed by atoms with E-state index in [1.54, 1.807) is 0 Å². The monoisotopic (exact) mass is 495 g/mol. The molecule has 1 heterocycles. The van der Waals surface area contributed by atoms with Crippen molar-refractivity contribution in [3.05, 3.63) is 71.3 Å². The van der Waals surface area contributed by atoms with Gasteiger partial charge in [0.25, 0.3) is 0 Å². The van der Waals surface area contributed by atoms with Crippen molar-refractivity contribution in [3.8, 4) is 0 Å². The zero-order chi connectivity index (χ0) is 23.1. The molecule has 1 saturated heterocycles. The van der Waals surface area contributed by atoms with Crippen LogP contribution >= 0.6 is 12.4 Å². The van der Waals surface area contributed by atoms with Crippen LogP contribution in [0.3, 0.4) is 0 Å². The lowest BCUT2D eigenvalue weighted by atomic mass is 10.0. The van der Waals surface area contributed by atoms with Crippen LogP contribution in [0, 0.1) is 0 Å².